The van der Waals surface area contributed by atoms with Crippen LogP contribution < -0.4 is 10.2 Å². The van der Waals surface area contributed by atoms with Gasteiger partial charge in [0.25, 0.3) is 5.91 Å². The fourth-order valence-corrected chi connectivity index (χ4v) is 2.48. The van der Waals surface area contributed by atoms with Gasteiger partial charge in [-0.2, -0.15) is 0 Å². The van der Waals surface area contributed by atoms with Crippen molar-refractivity contribution in [1.29, 1.82) is 0 Å². The van der Waals surface area contributed by atoms with Crippen molar-refractivity contribution in [1.82, 2.24) is 5.32 Å². The molecule has 1 aliphatic heterocycles. The van der Waals surface area contributed by atoms with E-state index in [4.69, 9.17) is 11.6 Å². The van der Waals surface area contributed by atoms with Gasteiger partial charge < -0.3 is 10.2 Å². The number of anilines is 1. The second-order valence-corrected chi connectivity index (χ2v) is 5.44. The molecule has 2 rings (SSSR count). The van der Waals surface area contributed by atoms with E-state index in [2.05, 4.69) is 5.32 Å². The van der Waals surface area contributed by atoms with Gasteiger partial charge in [-0.3, -0.25) is 9.59 Å². The topological polar surface area (TPSA) is 49.4 Å². The molecule has 4 nitrogen and oxygen atoms in total. The summed E-state index contributed by atoms with van der Waals surface area (Å²) in [7, 11) is 0. The summed E-state index contributed by atoms with van der Waals surface area (Å²) >= 11 is 6.01. The monoisotopic (exact) mass is 298 g/mol. The third-order valence-corrected chi connectivity index (χ3v) is 3.91. The normalized spacial score (nSPS) is 23.5. The summed E-state index contributed by atoms with van der Waals surface area (Å²) in [6, 6.07) is 3.87. The van der Waals surface area contributed by atoms with Crippen molar-refractivity contribution in [3.8, 4) is 0 Å². The fourth-order valence-electron chi connectivity index (χ4n) is 2.21. The highest BCUT2D eigenvalue weighted by Gasteiger charge is 2.40. The third kappa shape index (κ3) is 2.63. The zero-order valence-corrected chi connectivity index (χ0v) is 12.1. The van der Waals surface area contributed by atoms with Gasteiger partial charge in [-0.05, 0) is 31.5 Å². The standard InChI is InChI=1S/C14H16ClFN2O2/c1-3-14(2)13(20)18(7-6-12(19)17-14)11-5-4-9(16)8-10(11)15/h4-5,8H,3,6-7H2,1-2H3,(H,17,19). The molecule has 0 bridgehead atoms. The van der Waals surface area contributed by atoms with Crippen molar-refractivity contribution in [2.75, 3.05) is 11.4 Å². The number of carbonyl (C=O) groups is 2. The van der Waals surface area contributed by atoms with Gasteiger partial charge in [0.2, 0.25) is 5.91 Å². The summed E-state index contributed by atoms with van der Waals surface area (Å²) in [5.41, 5.74) is -0.542. The molecule has 0 aliphatic carbocycles. The molecule has 0 spiro atoms. The van der Waals surface area contributed by atoms with Crippen LogP contribution in [0, 0.1) is 5.82 Å². The second-order valence-electron chi connectivity index (χ2n) is 5.04. The van der Waals surface area contributed by atoms with Gasteiger partial charge in [0, 0.05) is 13.0 Å². The van der Waals surface area contributed by atoms with Gasteiger partial charge in [0.15, 0.2) is 0 Å². The Morgan fingerprint density at radius 3 is 2.75 bits per heavy atom. The molecule has 1 aromatic carbocycles. The number of hydrogen-bond donors (Lipinski definition) is 1. The summed E-state index contributed by atoms with van der Waals surface area (Å²) < 4.78 is 13.1. The van der Waals surface area contributed by atoms with E-state index in [0.29, 0.717) is 12.1 Å². The smallest absolute Gasteiger partial charge is 0.252 e. The minimum atomic E-state index is -0.967. The van der Waals surface area contributed by atoms with Crippen molar-refractivity contribution in [2.45, 2.75) is 32.2 Å². The quantitative estimate of drug-likeness (QED) is 0.912. The Bertz CT molecular complexity index is 564. The van der Waals surface area contributed by atoms with Gasteiger partial charge >= 0.3 is 0 Å². The Hall–Kier alpha value is -1.62. The van der Waals surface area contributed by atoms with Gasteiger partial charge in [-0.15, -0.1) is 0 Å². The molecule has 1 unspecified atom stereocenters. The van der Waals surface area contributed by atoms with Crippen LogP contribution in [0.2, 0.25) is 5.02 Å². The maximum atomic E-state index is 13.1. The number of halogens is 2. The molecule has 1 aromatic rings. The zero-order valence-electron chi connectivity index (χ0n) is 11.4. The highest BCUT2D eigenvalue weighted by atomic mass is 35.5. The molecule has 1 saturated heterocycles. The number of benzene rings is 1. The number of amides is 2. The first kappa shape index (κ1) is 14.8. The number of carbonyl (C=O) groups excluding carboxylic acids is 2. The molecular formula is C14H16ClFN2O2. The molecule has 0 saturated carbocycles. The summed E-state index contributed by atoms with van der Waals surface area (Å²) in [4.78, 5) is 25.8. The molecule has 2 amide bonds. The summed E-state index contributed by atoms with van der Waals surface area (Å²) in [5.74, 6) is -0.878. The van der Waals surface area contributed by atoms with Crippen LogP contribution in [0.4, 0.5) is 10.1 Å². The molecule has 108 valence electrons. The van der Waals surface area contributed by atoms with Crippen LogP contribution in [-0.4, -0.2) is 23.9 Å². The summed E-state index contributed by atoms with van der Waals surface area (Å²) in [5, 5.41) is 2.90. The van der Waals surface area contributed by atoms with Crippen LogP contribution in [0.5, 0.6) is 0 Å². The fraction of sp³-hybridized carbons (Fsp3) is 0.429. The third-order valence-electron chi connectivity index (χ3n) is 3.60. The van der Waals surface area contributed by atoms with Crippen molar-refractivity contribution in [2.24, 2.45) is 0 Å². The van der Waals surface area contributed by atoms with Crippen LogP contribution in [0.1, 0.15) is 26.7 Å². The Balaban J connectivity index is 2.44. The van der Waals surface area contributed by atoms with Crippen LogP contribution in [0.25, 0.3) is 0 Å². The molecule has 20 heavy (non-hydrogen) atoms. The van der Waals surface area contributed by atoms with E-state index >= 15 is 0 Å². The molecule has 1 aliphatic rings. The molecule has 0 aromatic heterocycles. The predicted octanol–water partition coefficient (Wildman–Crippen LogP) is 2.50. The van der Waals surface area contributed by atoms with Crippen LogP contribution in [0.15, 0.2) is 18.2 Å². The first-order chi connectivity index (χ1) is 9.37. The molecule has 1 fully saturated rings. The van der Waals surface area contributed by atoms with Crippen molar-refractivity contribution in [3.05, 3.63) is 29.0 Å². The first-order valence-corrected chi connectivity index (χ1v) is 6.83. The van der Waals surface area contributed by atoms with E-state index in [0.717, 1.165) is 6.07 Å². The van der Waals surface area contributed by atoms with Crippen molar-refractivity contribution < 1.29 is 14.0 Å². The van der Waals surface area contributed by atoms with E-state index in [9.17, 15) is 14.0 Å². The minimum absolute atomic E-state index is 0.158. The number of nitrogens with one attached hydrogen (secondary N) is 1. The number of hydrogen-bond acceptors (Lipinski definition) is 2. The average Bonchev–Trinajstić information content (AvgIpc) is 2.50. The van der Waals surface area contributed by atoms with Gasteiger partial charge in [0.05, 0.1) is 10.7 Å². The number of rotatable bonds is 2. The Kier molecular flexibility index (Phi) is 3.99. The summed E-state index contributed by atoms with van der Waals surface area (Å²) in [6.45, 7) is 3.74. The van der Waals surface area contributed by atoms with Crippen LogP contribution in [-0.2, 0) is 9.59 Å². The Labute approximate surface area is 121 Å². The number of nitrogens with zero attached hydrogens (tertiary/aromatic N) is 1. The van der Waals surface area contributed by atoms with Crippen molar-refractivity contribution >= 4 is 29.1 Å². The highest BCUT2D eigenvalue weighted by molar-refractivity contribution is 6.34. The van der Waals surface area contributed by atoms with Gasteiger partial charge in [-0.25, -0.2) is 4.39 Å². The van der Waals surface area contributed by atoms with E-state index < -0.39 is 11.4 Å². The lowest BCUT2D eigenvalue weighted by atomic mass is 9.97. The molecular weight excluding hydrogens is 283 g/mol. The lowest BCUT2D eigenvalue weighted by Crippen LogP contribution is -2.54. The maximum absolute atomic E-state index is 13.1. The SMILES string of the molecule is CCC1(C)NC(=O)CCN(c2ccc(F)cc2Cl)C1=O. The van der Waals surface area contributed by atoms with E-state index in [1.54, 1.807) is 6.92 Å². The van der Waals surface area contributed by atoms with E-state index in [-0.39, 0.29) is 29.8 Å². The second kappa shape index (κ2) is 5.40. The predicted molar refractivity (Wildman–Crippen MR) is 75.2 cm³/mol. The lowest BCUT2D eigenvalue weighted by molar-refractivity contribution is -0.129. The molecule has 0 radical (unpaired) electrons. The Morgan fingerprint density at radius 1 is 1.45 bits per heavy atom. The maximum Gasteiger partial charge on any atom is 0.252 e. The minimum Gasteiger partial charge on any atom is -0.342 e. The highest BCUT2D eigenvalue weighted by Crippen LogP contribution is 2.30. The average molecular weight is 299 g/mol. The zero-order chi connectivity index (χ0) is 14.9. The first-order valence-electron chi connectivity index (χ1n) is 6.45. The Morgan fingerprint density at radius 2 is 2.15 bits per heavy atom. The molecule has 1 atom stereocenters. The van der Waals surface area contributed by atoms with E-state index in [1.807, 2.05) is 6.92 Å². The van der Waals surface area contributed by atoms with Gasteiger partial charge in [0.1, 0.15) is 11.4 Å². The summed E-state index contributed by atoms with van der Waals surface area (Å²) in [6.07, 6.45) is 0.655. The van der Waals surface area contributed by atoms with Crippen molar-refractivity contribution in [3.63, 3.8) is 0 Å². The van der Waals surface area contributed by atoms with Crippen LogP contribution >= 0.6 is 11.6 Å². The van der Waals surface area contributed by atoms with E-state index in [1.165, 1.54) is 17.0 Å². The largest absolute Gasteiger partial charge is 0.342 e. The lowest BCUT2D eigenvalue weighted by Gasteiger charge is -2.31. The molecule has 1 N–H and O–H groups in total. The molecule has 6 heteroatoms. The molecule has 1 heterocycles. The van der Waals surface area contributed by atoms with Gasteiger partial charge in [-0.1, -0.05) is 18.5 Å². The van der Waals surface area contributed by atoms with Crippen LogP contribution in [0.3, 0.4) is 0 Å².